The molecule has 0 amide bonds. The number of benzene rings is 2. The molecule has 0 radical (unpaired) electrons. The molecule has 23 heavy (non-hydrogen) atoms. The quantitative estimate of drug-likeness (QED) is 0.668. The van der Waals surface area contributed by atoms with Crippen molar-refractivity contribution >= 4 is 44.7 Å². The molecule has 5 nitrogen and oxygen atoms in total. The summed E-state index contributed by atoms with van der Waals surface area (Å²) in [5.41, 5.74) is 3.05. The summed E-state index contributed by atoms with van der Waals surface area (Å²) < 4.78 is 11.6. The Morgan fingerprint density at radius 2 is 2.13 bits per heavy atom. The average Bonchev–Trinajstić information content (AvgIpc) is 2.91. The minimum absolute atomic E-state index is 0.220. The van der Waals surface area contributed by atoms with Gasteiger partial charge in [0, 0.05) is 4.47 Å². The van der Waals surface area contributed by atoms with E-state index in [-0.39, 0.29) is 12.4 Å². The lowest BCUT2D eigenvalue weighted by atomic mass is 10.1. The molecule has 0 unspecified atom stereocenters. The summed E-state index contributed by atoms with van der Waals surface area (Å²) in [6.07, 6.45) is 0.220. The number of ether oxygens (including phenoxy) is 1. The van der Waals surface area contributed by atoms with Crippen LogP contribution in [0.25, 0.3) is 11.1 Å². The molecule has 0 atom stereocenters. The molecule has 2 aromatic carbocycles. The molecule has 0 saturated heterocycles. The number of hydrogen-bond acceptors (Lipinski definition) is 5. The topological polar surface area (TPSA) is 64.4 Å². The number of esters is 1. The summed E-state index contributed by atoms with van der Waals surface area (Å²) in [6.45, 7) is 2.17. The van der Waals surface area contributed by atoms with Crippen molar-refractivity contribution in [2.45, 2.75) is 13.3 Å². The lowest BCUT2D eigenvalue weighted by molar-refractivity contribution is -0.142. The van der Waals surface area contributed by atoms with Crippen LogP contribution in [0.4, 0.5) is 11.7 Å². The van der Waals surface area contributed by atoms with Crippen LogP contribution >= 0.6 is 15.9 Å². The molecular weight excluding hydrogens is 360 g/mol. The minimum Gasteiger partial charge on any atom is -0.466 e. The molecular formula is C17H15BrN2O3. The van der Waals surface area contributed by atoms with Gasteiger partial charge in [-0.15, -0.1) is 0 Å². The number of nitrogens with zero attached hydrogens (tertiary/aromatic N) is 1. The van der Waals surface area contributed by atoms with Crippen LogP contribution < -0.4 is 5.32 Å². The molecule has 0 bridgehead atoms. The van der Waals surface area contributed by atoms with Crippen LogP contribution in [-0.2, 0) is 16.0 Å². The second-order valence-corrected chi connectivity index (χ2v) is 5.76. The first-order chi connectivity index (χ1) is 11.2. The standard InChI is InChI=1S/C17H15BrN2O3/c1-2-22-16(21)10-11-7-8-14-15(9-11)23-17(20-14)19-13-6-4-3-5-12(13)18/h3-9H,2,10H2,1H3,(H,19,20). The van der Waals surface area contributed by atoms with Gasteiger partial charge < -0.3 is 14.5 Å². The fraction of sp³-hybridized carbons (Fsp3) is 0.176. The zero-order valence-corrected chi connectivity index (χ0v) is 14.1. The molecule has 0 aliphatic heterocycles. The van der Waals surface area contributed by atoms with Crippen molar-refractivity contribution < 1.29 is 13.9 Å². The normalized spacial score (nSPS) is 10.7. The van der Waals surface area contributed by atoms with Crippen molar-refractivity contribution in [1.29, 1.82) is 0 Å². The van der Waals surface area contributed by atoms with E-state index in [9.17, 15) is 4.79 Å². The van der Waals surface area contributed by atoms with Gasteiger partial charge in [-0.1, -0.05) is 18.2 Å². The van der Waals surface area contributed by atoms with Gasteiger partial charge in [-0.25, -0.2) is 0 Å². The molecule has 1 heterocycles. The lowest BCUT2D eigenvalue weighted by Gasteiger charge is -2.03. The van der Waals surface area contributed by atoms with Crippen molar-refractivity contribution in [3.63, 3.8) is 0 Å². The first-order valence-corrected chi connectivity index (χ1v) is 8.01. The molecule has 6 heteroatoms. The summed E-state index contributed by atoms with van der Waals surface area (Å²) in [5, 5.41) is 3.13. The molecule has 0 aliphatic rings. The summed E-state index contributed by atoms with van der Waals surface area (Å²) in [6, 6.07) is 13.6. The zero-order chi connectivity index (χ0) is 16.2. The molecule has 1 N–H and O–H groups in total. The summed E-state index contributed by atoms with van der Waals surface area (Å²) in [7, 11) is 0. The van der Waals surface area contributed by atoms with Gasteiger partial charge in [0.15, 0.2) is 5.58 Å². The van der Waals surface area contributed by atoms with Crippen molar-refractivity contribution in [3.8, 4) is 0 Å². The summed E-state index contributed by atoms with van der Waals surface area (Å²) >= 11 is 3.47. The maximum Gasteiger partial charge on any atom is 0.310 e. The van der Waals surface area contributed by atoms with Gasteiger partial charge in [0.05, 0.1) is 18.7 Å². The molecule has 0 saturated carbocycles. The maximum absolute atomic E-state index is 11.5. The van der Waals surface area contributed by atoms with Gasteiger partial charge in [0.25, 0.3) is 6.01 Å². The second kappa shape index (κ2) is 6.83. The van der Waals surface area contributed by atoms with Gasteiger partial charge in [-0.2, -0.15) is 4.98 Å². The molecule has 118 valence electrons. The number of halogens is 1. The SMILES string of the molecule is CCOC(=O)Cc1ccc2nc(Nc3ccccc3Br)oc2c1. The van der Waals surface area contributed by atoms with E-state index >= 15 is 0 Å². The fourth-order valence-corrected chi connectivity index (χ4v) is 2.57. The van der Waals surface area contributed by atoms with Gasteiger partial charge in [0.2, 0.25) is 0 Å². The number of oxazole rings is 1. The number of nitrogens with one attached hydrogen (secondary N) is 1. The number of aromatic nitrogens is 1. The molecule has 0 aliphatic carbocycles. The average molecular weight is 375 g/mol. The smallest absolute Gasteiger partial charge is 0.310 e. The molecule has 0 fully saturated rings. The summed E-state index contributed by atoms with van der Waals surface area (Å²) in [5.74, 6) is -0.252. The number of fused-ring (bicyclic) bond motifs is 1. The number of hydrogen-bond donors (Lipinski definition) is 1. The second-order valence-electron chi connectivity index (χ2n) is 4.91. The van der Waals surface area contributed by atoms with E-state index in [2.05, 4.69) is 26.2 Å². The van der Waals surface area contributed by atoms with Gasteiger partial charge >= 0.3 is 5.97 Å². The van der Waals surface area contributed by atoms with Crippen LogP contribution in [0.3, 0.4) is 0 Å². The van der Waals surface area contributed by atoms with Gasteiger partial charge in [0.1, 0.15) is 5.52 Å². The molecule has 1 aromatic heterocycles. The number of rotatable bonds is 5. The third-order valence-electron chi connectivity index (χ3n) is 3.22. The highest BCUT2D eigenvalue weighted by molar-refractivity contribution is 9.10. The van der Waals surface area contributed by atoms with Crippen molar-refractivity contribution in [2.24, 2.45) is 0 Å². The highest BCUT2D eigenvalue weighted by atomic mass is 79.9. The van der Waals surface area contributed by atoms with E-state index < -0.39 is 0 Å². The van der Waals surface area contributed by atoms with Crippen molar-refractivity contribution in [1.82, 2.24) is 4.98 Å². The fourth-order valence-electron chi connectivity index (χ4n) is 2.19. The Hall–Kier alpha value is -2.34. The lowest BCUT2D eigenvalue weighted by Crippen LogP contribution is -2.07. The third kappa shape index (κ3) is 3.71. The van der Waals surface area contributed by atoms with Gasteiger partial charge in [-0.3, -0.25) is 4.79 Å². The Bertz CT molecular complexity index is 845. The van der Waals surface area contributed by atoms with Crippen LogP contribution in [0.2, 0.25) is 0 Å². The molecule has 3 rings (SSSR count). The number of carbonyl (C=O) groups excluding carboxylic acids is 1. The van der Waals surface area contributed by atoms with Crippen LogP contribution in [-0.4, -0.2) is 17.6 Å². The van der Waals surface area contributed by atoms with Crippen LogP contribution in [0.1, 0.15) is 12.5 Å². The van der Waals surface area contributed by atoms with E-state index in [1.807, 2.05) is 42.5 Å². The molecule has 3 aromatic rings. The largest absolute Gasteiger partial charge is 0.466 e. The molecule has 0 spiro atoms. The van der Waals surface area contributed by atoms with E-state index in [4.69, 9.17) is 9.15 Å². The third-order valence-corrected chi connectivity index (χ3v) is 3.91. The predicted molar refractivity (Wildman–Crippen MR) is 91.8 cm³/mol. The zero-order valence-electron chi connectivity index (χ0n) is 12.5. The van der Waals surface area contributed by atoms with E-state index in [1.165, 1.54) is 0 Å². The number of carbonyl (C=O) groups is 1. The Morgan fingerprint density at radius 3 is 2.91 bits per heavy atom. The Kier molecular flexibility index (Phi) is 4.62. The number of anilines is 2. The van der Waals surface area contributed by atoms with Crippen LogP contribution in [0.5, 0.6) is 0 Å². The highest BCUT2D eigenvalue weighted by Crippen LogP contribution is 2.27. The van der Waals surface area contributed by atoms with Crippen LogP contribution in [0, 0.1) is 0 Å². The van der Waals surface area contributed by atoms with Crippen LogP contribution in [0.15, 0.2) is 51.4 Å². The van der Waals surface area contributed by atoms with E-state index in [1.54, 1.807) is 6.92 Å². The Balaban J connectivity index is 1.82. The van der Waals surface area contributed by atoms with E-state index in [0.717, 1.165) is 21.2 Å². The maximum atomic E-state index is 11.5. The van der Waals surface area contributed by atoms with Crippen molar-refractivity contribution in [3.05, 3.63) is 52.5 Å². The van der Waals surface area contributed by atoms with Gasteiger partial charge in [-0.05, 0) is 52.7 Å². The summed E-state index contributed by atoms with van der Waals surface area (Å²) in [4.78, 5) is 15.9. The van der Waals surface area contributed by atoms with E-state index in [0.29, 0.717) is 18.2 Å². The Labute approximate surface area is 141 Å². The minimum atomic E-state index is -0.252. The first kappa shape index (κ1) is 15.6. The number of para-hydroxylation sites is 1. The Morgan fingerprint density at radius 1 is 1.30 bits per heavy atom. The monoisotopic (exact) mass is 374 g/mol. The highest BCUT2D eigenvalue weighted by Gasteiger charge is 2.10. The van der Waals surface area contributed by atoms with Crippen molar-refractivity contribution in [2.75, 3.05) is 11.9 Å². The first-order valence-electron chi connectivity index (χ1n) is 7.22. The predicted octanol–water partition coefficient (Wildman–Crippen LogP) is 4.44.